The number of unbranched alkanes of at least 4 members (excludes halogenated alkanes) is 1. The van der Waals surface area contributed by atoms with E-state index in [9.17, 15) is 9.59 Å². The van der Waals surface area contributed by atoms with Crippen molar-refractivity contribution >= 4 is 23.3 Å². The number of hydrogen-bond acceptors (Lipinski definition) is 5. The number of carbonyl (C=O) groups is 2. The van der Waals surface area contributed by atoms with Crippen molar-refractivity contribution in [3.63, 3.8) is 0 Å². The molecule has 2 saturated heterocycles. The molecule has 0 unspecified atom stereocenters. The molecule has 1 aromatic rings. The Hall–Kier alpha value is -1.50. The number of carbonyl (C=O) groups excluding carboxylic acids is 2. The van der Waals surface area contributed by atoms with Crippen LogP contribution in [-0.4, -0.2) is 57.4 Å². The predicted molar refractivity (Wildman–Crippen MR) is 92.9 cm³/mol. The molecule has 1 aromatic heterocycles. The first-order valence-electron chi connectivity index (χ1n) is 8.91. The summed E-state index contributed by atoms with van der Waals surface area (Å²) in [5.74, 6) is 0.332. The fourth-order valence-corrected chi connectivity index (χ4v) is 4.57. The average Bonchev–Trinajstić information content (AvgIpc) is 3.01. The molecule has 1 spiro atoms. The summed E-state index contributed by atoms with van der Waals surface area (Å²) in [6, 6.07) is 0. The molecule has 2 amide bonds. The molecule has 0 bridgehead atoms. The molecule has 0 aliphatic carbocycles. The maximum absolute atomic E-state index is 12.8. The number of aryl methyl sites for hydroxylation is 1. The molecule has 7 heteroatoms. The molecule has 1 atom stereocenters. The predicted octanol–water partition coefficient (Wildman–Crippen LogP) is 2.49. The Bertz CT molecular complexity index is 617. The van der Waals surface area contributed by atoms with E-state index in [1.807, 2.05) is 16.7 Å². The van der Waals surface area contributed by atoms with Gasteiger partial charge in [0.05, 0.1) is 5.69 Å². The molecular formula is C17H26N4O2S. The van der Waals surface area contributed by atoms with E-state index in [1.165, 1.54) is 11.5 Å². The smallest absolute Gasteiger partial charge is 0.267 e. The Balaban J connectivity index is 1.71. The van der Waals surface area contributed by atoms with Crippen LogP contribution in [0.4, 0.5) is 0 Å². The zero-order chi connectivity index (χ0) is 17.2. The summed E-state index contributed by atoms with van der Waals surface area (Å²) < 4.78 is 3.89. The Morgan fingerprint density at radius 1 is 1.33 bits per heavy atom. The highest BCUT2D eigenvalue weighted by Gasteiger charge is 2.43. The molecule has 132 valence electrons. The molecular weight excluding hydrogens is 324 g/mol. The van der Waals surface area contributed by atoms with Gasteiger partial charge in [-0.15, -0.1) is 5.10 Å². The van der Waals surface area contributed by atoms with Crippen molar-refractivity contribution in [2.75, 3.05) is 26.2 Å². The van der Waals surface area contributed by atoms with Gasteiger partial charge in [0.1, 0.15) is 4.88 Å². The minimum absolute atomic E-state index is 0.0542. The fraction of sp³-hybridized carbons (Fsp3) is 0.765. The molecule has 2 aliphatic rings. The molecule has 0 aromatic carbocycles. The van der Waals surface area contributed by atoms with Gasteiger partial charge in [0.2, 0.25) is 5.91 Å². The van der Waals surface area contributed by atoms with E-state index in [4.69, 9.17) is 0 Å². The molecule has 2 fully saturated rings. The Morgan fingerprint density at radius 2 is 2.17 bits per heavy atom. The minimum atomic E-state index is 0.0542. The highest BCUT2D eigenvalue weighted by molar-refractivity contribution is 7.07. The van der Waals surface area contributed by atoms with E-state index in [-0.39, 0.29) is 17.2 Å². The van der Waals surface area contributed by atoms with E-state index < -0.39 is 0 Å². The summed E-state index contributed by atoms with van der Waals surface area (Å²) in [5, 5.41) is 3.96. The molecule has 0 saturated carbocycles. The van der Waals surface area contributed by atoms with Crippen molar-refractivity contribution in [3.8, 4) is 0 Å². The van der Waals surface area contributed by atoms with Gasteiger partial charge in [-0.05, 0) is 44.1 Å². The number of hydrogen-bond donors (Lipinski definition) is 0. The number of likely N-dealkylation sites (tertiary alicyclic amines) is 2. The molecule has 24 heavy (non-hydrogen) atoms. The third-order valence-corrected chi connectivity index (χ3v) is 6.14. The lowest BCUT2D eigenvalue weighted by Gasteiger charge is -2.48. The van der Waals surface area contributed by atoms with Gasteiger partial charge >= 0.3 is 0 Å². The van der Waals surface area contributed by atoms with Gasteiger partial charge in [-0.1, -0.05) is 17.8 Å². The fourth-order valence-electron chi connectivity index (χ4n) is 3.94. The number of aromatic nitrogens is 2. The van der Waals surface area contributed by atoms with Crippen LogP contribution in [0.3, 0.4) is 0 Å². The van der Waals surface area contributed by atoms with Crippen LogP contribution in [0.25, 0.3) is 0 Å². The van der Waals surface area contributed by atoms with Gasteiger partial charge in [-0.2, -0.15) is 0 Å². The third kappa shape index (κ3) is 3.45. The largest absolute Gasteiger partial charge is 0.342 e. The van der Waals surface area contributed by atoms with E-state index >= 15 is 0 Å². The van der Waals surface area contributed by atoms with Crippen molar-refractivity contribution < 1.29 is 9.59 Å². The van der Waals surface area contributed by atoms with E-state index in [0.29, 0.717) is 17.0 Å². The monoisotopic (exact) mass is 350 g/mol. The average molecular weight is 350 g/mol. The summed E-state index contributed by atoms with van der Waals surface area (Å²) in [6.07, 6.45) is 5.78. The van der Waals surface area contributed by atoms with Crippen LogP contribution < -0.4 is 0 Å². The lowest BCUT2D eigenvalue weighted by atomic mass is 9.73. The van der Waals surface area contributed by atoms with Crippen molar-refractivity contribution in [3.05, 3.63) is 10.6 Å². The van der Waals surface area contributed by atoms with Crippen molar-refractivity contribution in [1.29, 1.82) is 0 Å². The third-order valence-electron chi connectivity index (χ3n) is 5.32. The van der Waals surface area contributed by atoms with Gasteiger partial charge in [0.25, 0.3) is 5.91 Å². The summed E-state index contributed by atoms with van der Waals surface area (Å²) in [6.45, 7) is 7.18. The van der Waals surface area contributed by atoms with Crippen molar-refractivity contribution in [1.82, 2.24) is 19.4 Å². The molecule has 0 radical (unpaired) electrons. The topological polar surface area (TPSA) is 66.4 Å². The second-order valence-corrected chi connectivity index (χ2v) is 7.94. The van der Waals surface area contributed by atoms with Crippen LogP contribution in [0.1, 0.15) is 60.8 Å². The molecule has 6 nitrogen and oxygen atoms in total. The van der Waals surface area contributed by atoms with Crippen LogP contribution >= 0.6 is 11.5 Å². The first-order valence-corrected chi connectivity index (χ1v) is 9.68. The standard InChI is InChI=1S/C17H26N4O2S/c1-3-4-9-20-11-17(8-6-14(20)22)7-5-10-21(12-17)16(23)15-13(2)18-19-24-15/h3-12H2,1-2H3/t17-/m0/s1. The van der Waals surface area contributed by atoms with Gasteiger partial charge in [-0.25, -0.2) is 0 Å². The second-order valence-electron chi connectivity index (χ2n) is 7.19. The van der Waals surface area contributed by atoms with Gasteiger partial charge < -0.3 is 9.80 Å². The lowest BCUT2D eigenvalue weighted by molar-refractivity contribution is -0.139. The van der Waals surface area contributed by atoms with Crippen LogP contribution in [0.2, 0.25) is 0 Å². The maximum atomic E-state index is 12.8. The van der Waals surface area contributed by atoms with Crippen molar-refractivity contribution in [2.45, 2.75) is 52.4 Å². The Labute approximate surface area is 147 Å². The van der Waals surface area contributed by atoms with Gasteiger partial charge in [0, 0.05) is 38.0 Å². The second kappa shape index (κ2) is 7.17. The Morgan fingerprint density at radius 3 is 2.88 bits per heavy atom. The quantitative estimate of drug-likeness (QED) is 0.837. The SMILES string of the molecule is CCCCN1C[C@]2(CCCN(C(=O)c3snnc3C)C2)CCC1=O. The highest BCUT2D eigenvalue weighted by atomic mass is 32.1. The first kappa shape index (κ1) is 17.3. The number of amides is 2. The van der Waals surface area contributed by atoms with Crippen LogP contribution in [0.5, 0.6) is 0 Å². The van der Waals surface area contributed by atoms with Crippen LogP contribution in [0, 0.1) is 12.3 Å². The van der Waals surface area contributed by atoms with Crippen LogP contribution in [0.15, 0.2) is 0 Å². The minimum Gasteiger partial charge on any atom is -0.342 e. The summed E-state index contributed by atoms with van der Waals surface area (Å²) in [4.78, 5) is 29.6. The number of piperidine rings is 2. The zero-order valence-electron chi connectivity index (χ0n) is 14.6. The molecule has 3 rings (SSSR count). The van der Waals surface area contributed by atoms with E-state index in [0.717, 1.165) is 58.3 Å². The highest BCUT2D eigenvalue weighted by Crippen LogP contribution is 2.39. The summed E-state index contributed by atoms with van der Waals surface area (Å²) in [7, 11) is 0. The zero-order valence-corrected chi connectivity index (χ0v) is 15.4. The summed E-state index contributed by atoms with van der Waals surface area (Å²) >= 11 is 1.18. The molecule has 3 heterocycles. The molecule has 0 N–H and O–H groups in total. The molecule has 2 aliphatic heterocycles. The van der Waals surface area contributed by atoms with Crippen molar-refractivity contribution in [2.24, 2.45) is 5.41 Å². The summed E-state index contributed by atoms with van der Waals surface area (Å²) in [5.41, 5.74) is 0.787. The first-order chi connectivity index (χ1) is 11.5. The Kier molecular flexibility index (Phi) is 5.18. The normalized spacial score (nSPS) is 24.7. The number of rotatable bonds is 4. The number of nitrogens with zero attached hydrogens (tertiary/aromatic N) is 4. The van der Waals surface area contributed by atoms with Gasteiger partial charge in [0.15, 0.2) is 0 Å². The lowest BCUT2D eigenvalue weighted by Crippen LogP contribution is -2.55. The maximum Gasteiger partial charge on any atom is 0.267 e. The van der Waals surface area contributed by atoms with E-state index in [2.05, 4.69) is 16.5 Å². The van der Waals surface area contributed by atoms with Crippen LogP contribution in [-0.2, 0) is 4.79 Å². The van der Waals surface area contributed by atoms with Gasteiger partial charge in [-0.3, -0.25) is 9.59 Å². The van der Waals surface area contributed by atoms with E-state index in [1.54, 1.807) is 0 Å².